The smallest absolute Gasteiger partial charge is 0.201 e. The highest BCUT2D eigenvalue weighted by Crippen LogP contribution is 2.24. The quantitative estimate of drug-likeness (QED) is 0.335. The third kappa shape index (κ3) is 3.74. The van der Waals surface area contributed by atoms with E-state index in [1.807, 2.05) is 0 Å². The van der Waals surface area contributed by atoms with Gasteiger partial charge < -0.3 is 5.73 Å². The van der Waals surface area contributed by atoms with Crippen molar-refractivity contribution in [1.82, 2.24) is 0 Å². The molecule has 0 amide bonds. The minimum absolute atomic E-state index is 0.0668. The Balaban J connectivity index is 2.46. The summed E-state index contributed by atoms with van der Waals surface area (Å²) in [7, 11) is 0. The second-order valence-corrected chi connectivity index (χ2v) is 5.03. The first-order chi connectivity index (χ1) is 11.4. The molecule has 0 saturated carbocycles. The van der Waals surface area contributed by atoms with Gasteiger partial charge >= 0.3 is 0 Å². The van der Waals surface area contributed by atoms with E-state index < -0.39 is 17.4 Å². The van der Waals surface area contributed by atoms with E-state index in [0.717, 1.165) is 0 Å². The van der Waals surface area contributed by atoms with Crippen molar-refractivity contribution in [2.24, 2.45) is 10.8 Å². The Morgan fingerprint density at radius 2 is 2.00 bits per heavy atom. The lowest BCUT2D eigenvalue weighted by molar-refractivity contribution is 0.103. The summed E-state index contributed by atoms with van der Waals surface area (Å²) in [5.74, 6) is -1.80. The maximum atomic E-state index is 13.8. The van der Waals surface area contributed by atoms with Crippen molar-refractivity contribution in [1.29, 1.82) is 10.7 Å². The van der Waals surface area contributed by atoms with Crippen molar-refractivity contribution < 1.29 is 9.18 Å². The number of hydrazone groups is 1. The average molecular weight is 344 g/mol. The van der Waals surface area contributed by atoms with Crippen LogP contribution in [0.2, 0.25) is 5.02 Å². The molecule has 0 bridgehead atoms. The number of nitrogens with two attached hydrogens (primary N) is 1. The van der Waals surface area contributed by atoms with E-state index in [2.05, 4.69) is 10.5 Å². The van der Waals surface area contributed by atoms with E-state index in [4.69, 9.17) is 28.0 Å². The van der Waals surface area contributed by atoms with Crippen LogP contribution >= 0.6 is 11.6 Å². The van der Waals surface area contributed by atoms with Crippen LogP contribution in [0.3, 0.4) is 0 Å². The molecule has 120 valence electrons. The molecule has 2 rings (SSSR count). The Hall–Kier alpha value is -3.24. The van der Waals surface area contributed by atoms with Crippen LogP contribution in [0.15, 0.2) is 47.6 Å². The number of ketones is 1. The van der Waals surface area contributed by atoms with Gasteiger partial charge in [-0.25, -0.2) is 4.39 Å². The van der Waals surface area contributed by atoms with Crippen LogP contribution in [0.4, 0.5) is 10.1 Å². The molecule has 0 atom stereocenters. The third-order valence-electron chi connectivity index (χ3n) is 2.99. The maximum Gasteiger partial charge on any atom is 0.201 e. The summed E-state index contributed by atoms with van der Waals surface area (Å²) >= 11 is 5.91. The summed E-state index contributed by atoms with van der Waals surface area (Å²) in [6.07, 6.45) is 0. The van der Waals surface area contributed by atoms with Crippen molar-refractivity contribution in [2.75, 3.05) is 5.43 Å². The molecule has 0 saturated heterocycles. The normalized spacial score (nSPS) is 10.8. The van der Waals surface area contributed by atoms with Gasteiger partial charge in [-0.15, -0.1) is 0 Å². The molecule has 0 heterocycles. The van der Waals surface area contributed by atoms with Crippen LogP contribution in [0.1, 0.15) is 15.9 Å². The highest BCUT2D eigenvalue weighted by Gasteiger charge is 2.17. The van der Waals surface area contributed by atoms with Crippen LogP contribution in [-0.4, -0.2) is 17.3 Å². The number of amidine groups is 1. The Kier molecular flexibility index (Phi) is 5.24. The first-order valence-electron chi connectivity index (χ1n) is 6.61. The van der Waals surface area contributed by atoms with E-state index in [-0.39, 0.29) is 27.5 Å². The predicted octanol–water partition coefficient (Wildman–Crippen LogP) is 2.94. The molecule has 2 aromatic rings. The third-order valence-corrected chi connectivity index (χ3v) is 3.23. The highest BCUT2D eigenvalue weighted by atomic mass is 35.5. The number of hydrogen-bond donors (Lipinski definition) is 3. The van der Waals surface area contributed by atoms with Crippen molar-refractivity contribution in [3.8, 4) is 6.07 Å². The van der Waals surface area contributed by atoms with Gasteiger partial charge in [0, 0.05) is 10.6 Å². The van der Waals surface area contributed by atoms with E-state index >= 15 is 0 Å². The van der Waals surface area contributed by atoms with Crippen molar-refractivity contribution in [3.05, 3.63) is 64.4 Å². The number of carbonyl (C=O) groups is 1. The van der Waals surface area contributed by atoms with Gasteiger partial charge in [-0.05, 0) is 30.3 Å². The number of anilines is 1. The highest BCUT2D eigenvalue weighted by molar-refractivity contribution is 6.45. The summed E-state index contributed by atoms with van der Waals surface area (Å²) in [4.78, 5) is 12.6. The number of nitrogens with zero attached hydrogens (tertiary/aromatic N) is 2. The number of halogens is 2. The lowest BCUT2D eigenvalue weighted by Gasteiger charge is -2.09. The minimum Gasteiger partial charge on any atom is -0.382 e. The number of rotatable bonds is 5. The first kappa shape index (κ1) is 17.1. The molecule has 0 aromatic heterocycles. The SMILES string of the molecule is N#C/C(=N\Nc1ccc(Cl)cc1C(=O)c1ccccc1F)C(=N)N. The van der Waals surface area contributed by atoms with Gasteiger partial charge in [0.15, 0.2) is 11.6 Å². The number of hydrogen-bond acceptors (Lipinski definition) is 5. The Morgan fingerprint density at radius 3 is 2.62 bits per heavy atom. The summed E-state index contributed by atoms with van der Waals surface area (Å²) in [6.45, 7) is 0. The molecule has 0 aliphatic rings. The molecular weight excluding hydrogens is 333 g/mol. The lowest BCUT2D eigenvalue weighted by atomic mass is 10.0. The molecule has 4 N–H and O–H groups in total. The molecule has 0 unspecified atom stereocenters. The lowest BCUT2D eigenvalue weighted by Crippen LogP contribution is -2.22. The van der Waals surface area contributed by atoms with Crippen LogP contribution in [-0.2, 0) is 0 Å². The summed E-state index contributed by atoms with van der Waals surface area (Å²) in [5.41, 5.74) is 7.47. The molecule has 0 aliphatic carbocycles. The van der Waals surface area contributed by atoms with Gasteiger partial charge in [-0.2, -0.15) is 10.4 Å². The molecule has 0 radical (unpaired) electrons. The fourth-order valence-electron chi connectivity index (χ4n) is 1.85. The van der Waals surface area contributed by atoms with Crippen LogP contribution in [0.25, 0.3) is 0 Å². The molecular formula is C16H11ClFN5O. The number of nitriles is 1. The largest absolute Gasteiger partial charge is 0.382 e. The van der Waals surface area contributed by atoms with E-state index in [1.54, 1.807) is 6.07 Å². The Bertz CT molecular complexity index is 888. The summed E-state index contributed by atoms with van der Waals surface area (Å²) < 4.78 is 13.8. The molecule has 6 nitrogen and oxygen atoms in total. The summed E-state index contributed by atoms with van der Waals surface area (Å²) in [5, 5.41) is 20.0. The van der Waals surface area contributed by atoms with E-state index in [9.17, 15) is 9.18 Å². The molecule has 24 heavy (non-hydrogen) atoms. The van der Waals surface area contributed by atoms with Crippen LogP contribution in [0.5, 0.6) is 0 Å². The van der Waals surface area contributed by atoms with Crippen molar-refractivity contribution >= 4 is 34.6 Å². The van der Waals surface area contributed by atoms with Gasteiger partial charge in [-0.3, -0.25) is 15.6 Å². The first-order valence-corrected chi connectivity index (χ1v) is 6.98. The monoisotopic (exact) mass is 343 g/mol. The van der Waals surface area contributed by atoms with Gasteiger partial charge in [0.2, 0.25) is 5.71 Å². The van der Waals surface area contributed by atoms with Gasteiger partial charge in [0.1, 0.15) is 11.9 Å². The molecule has 2 aromatic carbocycles. The zero-order valence-electron chi connectivity index (χ0n) is 12.2. The maximum absolute atomic E-state index is 13.8. The molecule has 0 aliphatic heterocycles. The zero-order valence-corrected chi connectivity index (χ0v) is 12.9. The predicted molar refractivity (Wildman–Crippen MR) is 89.9 cm³/mol. The molecule has 8 heteroatoms. The minimum atomic E-state index is -0.668. The average Bonchev–Trinajstić information content (AvgIpc) is 2.56. The Labute approximate surface area is 141 Å². The number of carbonyl (C=O) groups excluding carboxylic acids is 1. The zero-order chi connectivity index (χ0) is 17.7. The molecule has 0 fully saturated rings. The molecule has 0 spiro atoms. The fourth-order valence-corrected chi connectivity index (χ4v) is 2.03. The second kappa shape index (κ2) is 7.35. The van der Waals surface area contributed by atoms with Gasteiger partial charge in [0.25, 0.3) is 0 Å². The van der Waals surface area contributed by atoms with Gasteiger partial charge in [0.05, 0.1) is 11.3 Å². The van der Waals surface area contributed by atoms with Crippen molar-refractivity contribution in [2.45, 2.75) is 0 Å². The topological polar surface area (TPSA) is 115 Å². The standard InChI is InChI=1S/C16H11ClFN5O/c17-9-5-6-13(22-23-14(8-19)16(20)21)11(7-9)15(24)10-3-1-2-4-12(10)18/h1-7,22H,(H3,20,21)/b23-14+. The van der Waals surface area contributed by atoms with E-state index in [1.165, 1.54) is 42.5 Å². The Morgan fingerprint density at radius 1 is 1.29 bits per heavy atom. The van der Waals surface area contributed by atoms with Gasteiger partial charge in [-0.1, -0.05) is 23.7 Å². The summed E-state index contributed by atoms with van der Waals surface area (Å²) in [6, 6.07) is 11.5. The number of benzene rings is 2. The van der Waals surface area contributed by atoms with Crippen molar-refractivity contribution in [3.63, 3.8) is 0 Å². The van der Waals surface area contributed by atoms with E-state index in [0.29, 0.717) is 0 Å². The number of nitrogens with one attached hydrogen (secondary N) is 2. The van der Waals surface area contributed by atoms with Crippen LogP contribution < -0.4 is 11.2 Å². The fraction of sp³-hybridized carbons (Fsp3) is 0. The van der Waals surface area contributed by atoms with Crippen LogP contribution in [0, 0.1) is 22.6 Å². The second-order valence-electron chi connectivity index (χ2n) is 4.60.